The molecule has 1 heterocycles. The van der Waals surface area contributed by atoms with E-state index in [1.165, 1.54) is 7.11 Å². The number of anilines is 1. The van der Waals surface area contributed by atoms with Crippen molar-refractivity contribution in [2.75, 3.05) is 12.4 Å². The summed E-state index contributed by atoms with van der Waals surface area (Å²) in [5, 5.41) is 2.74. The monoisotopic (exact) mass is 381 g/mol. The number of para-hydroxylation sites is 1. The lowest BCUT2D eigenvalue weighted by atomic mass is 9.93. The van der Waals surface area contributed by atoms with Gasteiger partial charge in [-0.1, -0.05) is 12.1 Å². The molecule has 1 aliphatic heterocycles. The summed E-state index contributed by atoms with van der Waals surface area (Å²) in [4.78, 5) is 36.9. The Morgan fingerprint density at radius 3 is 2.64 bits per heavy atom. The fourth-order valence-electron chi connectivity index (χ4n) is 3.19. The van der Waals surface area contributed by atoms with Crippen LogP contribution in [0.2, 0.25) is 0 Å². The van der Waals surface area contributed by atoms with Crippen LogP contribution >= 0.6 is 0 Å². The van der Waals surface area contributed by atoms with Gasteiger partial charge in [0, 0.05) is 18.5 Å². The van der Waals surface area contributed by atoms with Gasteiger partial charge < -0.3 is 14.8 Å². The first-order valence-electron chi connectivity index (χ1n) is 9.11. The minimum absolute atomic E-state index is 0.0197. The van der Waals surface area contributed by atoms with Crippen molar-refractivity contribution in [2.45, 2.75) is 38.7 Å². The predicted octanol–water partition coefficient (Wildman–Crippen LogP) is 4.04. The van der Waals surface area contributed by atoms with E-state index in [4.69, 9.17) is 9.47 Å². The zero-order chi connectivity index (χ0) is 20.3. The summed E-state index contributed by atoms with van der Waals surface area (Å²) in [6, 6.07) is 11.9. The van der Waals surface area contributed by atoms with Crippen molar-refractivity contribution in [3.05, 3.63) is 53.6 Å². The molecule has 0 unspecified atom stereocenters. The lowest BCUT2D eigenvalue weighted by Crippen LogP contribution is -2.35. The first-order valence-corrected chi connectivity index (χ1v) is 9.11. The van der Waals surface area contributed by atoms with E-state index in [0.29, 0.717) is 28.3 Å². The number of fused-ring (bicyclic) bond motifs is 1. The normalized spacial score (nSPS) is 14.6. The summed E-state index contributed by atoms with van der Waals surface area (Å²) in [6.07, 6.45) is 0.379. The van der Waals surface area contributed by atoms with Gasteiger partial charge in [0.2, 0.25) is 5.91 Å². The van der Waals surface area contributed by atoms with Crippen LogP contribution in [0.4, 0.5) is 5.69 Å². The Morgan fingerprint density at radius 2 is 1.89 bits per heavy atom. The van der Waals surface area contributed by atoms with E-state index in [9.17, 15) is 14.4 Å². The Bertz CT molecular complexity index is 932. The maximum absolute atomic E-state index is 12.4. The lowest BCUT2D eigenvalue weighted by molar-refractivity contribution is -0.116. The molecule has 0 saturated heterocycles. The number of rotatable bonds is 6. The van der Waals surface area contributed by atoms with Gasteiger partial charge in [-0.05, 0) is 44.2 Å². The van der Waals surface area contributed by atoms with Crippen LogP contribution in [0.5, 0.6) is 11.5 Å². The molecule has 0 aliphatic carbocycles. The van der Waals surface area contributed by atoms with Crippen molar-refractivity contribution in [2.24, 2.45) is 0 Å². The fourth-order valence-corrected chi connectivity index (χ4v) is 3.19. The second-order valence-corrected chi connectivity index (χ2v) is 7.34. The number of ketones is 2. The third-order valence-electron chi connectivity index (χ3n) is 4.52. The van der Waals surface area contributed by atoms with Gasteiger partial charge in [0.25, 0.3) is 0 Å². The van der Waals surface area contributed by atoms with Crippen molar-refractivity contribution in [1.82, 2.24) is 0 Å². The zero-order valence-corrected chi connectivity index (χ0v) is 16.2. The molecule has 0 radical (unpaired) electrons. The quantitative estimate of drug-likeness (QED) is 0.764. The number of methoxy groups -OCH3 is 1. The Balaban J connectivity index is 1.62. The van der Waals surface area contributed by atoms with Gasteiger partial charge in [0.05, 0.1) is 24.7 Å². The minimum Gasteiger partial charge on any atom is -0.496 e. The first-order chi connectivity index (χ1) is 13.3. The molecule has 0 atom stereocenters. The maximum atomic E-state index is 12.4. The van der Waals surface area contributed by atoms with Crippen molar-refractivity contribution in [1.29, 1.82) is 0 Å². The van der Waals surface area contributed by atoms with E-state index in [1.54, 1.807) is 42.5 Å². The molecule has 0 bridgehead atoms. The summed E-state index contributed by atoms with van der Waals surface area (Å²) in [6.45, 7) is 3.73. The molecule has 3 rings (SSSR count). The summed E-state index contributed by atoms with van der Waals surface area (Å²) in [5.41, 5.74) is 0.887. The van der Waals surface area contributed by atoms with Gasteiger partial charge in [-0.25, -0.2) is 0 Å². The van der Waals surface area contributed by atoms with Crippen molar-refractivity contribution in [3.8, 4) is 11.5 Å². The Hall–Kier alpha value is -3.15. The molecule has 0 saturated carbocycles. The first kappa shape index (κ1) is 19.6. The molecule has 2 aromatic carbocycles. The van der Waals surface area contributed by atoms with Crippen LogP contribution in [0.3, 0.4) is 0 Å². The molecule has 6 nitrogen and oxygen atoms in total. The third-order valence-corrected chi connectivity index (χ3v) is 4.52. The molecule has 28 heavy (non-hydrogen) atoms. The highest BCUT2D eigenvalue weighted by Gasteiger charge is 2.32. The van der Waals surface area contributed by atoms with Crippen LogP contribution in [0, 0.1) is 0 Å². The van der Waals surface area contributed by atoms with E-state index in [2.05, 4.69) is 5.32 Å². The van der Waals surface area contributed by atoms with Gasteiger partial charge in [0.15, 0.2) is 11.6 Å². The third kappa shape index (κ3) is 4.39. The molecular formula is C22H23NO5. The van der Waals surface area contributed by atoms with Crippen LogP contribution in [-0.4, -0.2) is 30.2 Å². The van der Waals surface area contributed by atoms with E-state index in [1.807, 2.05) is 13.8 Å². The van der Waals surface area contributed by atoms with E-state index in [0.717, 1.165) is 0 Å². The average Bonchev–Trinajstić information content (AvgIpc) is 2.66. The SMILES string of the molecule is COc1ccccc1C(=O)CCC(=O)Nc1ccc2c(c1)C(=O)CC(C)(C)O2. The fraction of sp³-hybridized carbons (Fsp3) is 0.318. The van der Waals surface area contributed by atoms with Gasteiger partial charge in [-0.15, -0.1) is 0 Å². The highest BCUT2D eigenvalue weighted by atomic mass is 16.5. The van der Waals surface area contributed by atoms with Gasteiger partial charge in [0.1, 0.15) is 17.1 Å². The summed E-state index contributed by atoms with van der Waals surface area (Å²) in [5.74, 6) is 0.528. The smallest absolute Gasteiger partial charge is 0.224 e. The number of benzene rings is 2. The highest BCUT2D eigenvalue weighted by Crippen LogP contribution is 2.34. The topological polar surface area (TPSA) is 81.7 Å². The summed E-state index contributed by atoms with van der Waals surface area (Å²) < 4.78 is 11.0. The number of carbonyl (C=O) groups excluding carboxylic acids is 3. The van der Waals surface area contributed by atoms with Gasteiger partial charge >= 0.3 is 0 Å². The molecule has 0 spiro atoms. The molecule has 1 aliphatic rings. The Morgan fingerprint density at radius 1 is 1.14 bits per heavy atom. The predicted molar refractivity (Wildman–Crippen MR) is 105 cm³/mol. The van der Waals surface area contributed by atoms with Crippen LogP contribution in [-0.2, 0) is 4.79 Å². The molecule has 1 amide bonds. The highest BCUT2D eigenvalue weighted by molar-refractivity contribution is 6.03. The number of ether oxygens (including phenoxy) is 2. The molecule has 2 aromatic rings. The molecule has 0 aromatic heterocycles. The molecule has 6 heteroatoms. The number of Topliss-reactive ketones (excluding diaryl/α,β-unsaturated/α-hetero) is 2. The van der Waals surface area contributed by atoms with Crippen molar-refractivity contribution >= 4 is 23.2 Å². The van der Waals surface area contributed by atoms with Crippen LogP contribution in [0.15, 0.2) is 42.5 Å². The summed E-state index contributed by atoms with van der Waals surface area (Å²) in [7, 11) is 1.50. The molecule has 1 N–H and O–H groups in total. The average molecular weight is 381 g/mol. The number of amides is 1. The van der Waals surface area contributed by atoms with E-state index < -0.39 is 5.60 Å². The molecular weight excluding hydrogens is 358 g/mol. The summed E-state index contributed by atoms with van der Waals surface area (Å²) >= 11 is 0. The van der Waals surface area contributed by atoms with Crippen LogP contribution < -0.4 is 14.8 Å². The number of hydrogen-bond donors (Lipinski definition) is 1. The van der Waals surface area contributed by atoms with Crippen LogP contribution in [0.1, 0.15) is 53.8 Å². The number of hydrogen-bond acceptors (Lipinski definition) is 5. The zero-order valence-electron chi connectivity index (χ0n) is 16.2. The largest absolute Gasteiger partial charge is 0.496 e. The Kier molecular flexibility index (Phi) is 5.49. The van der Waals surface area contributed by atoms with Gasteiger partial charge in [-0.2, -0.15) is 0 Å². The number of carbonyl (C=O) groups is 3. The van der Waals surface area contributed by atoms with Crippen molar-refractivity contribution in [3.63, 3.8) is 0 Å². The standard InChI is InChI=1S/C22H23NO5/c1-22(2)13-18(25)16-12-14(8-10-20(16)28-22)23-21(26)11-9-17(24)15-6-4-5-7-19(15)27-3/h4-8,10,12H,9,11,13H2,1-3H3,(H,23,26). The molecule has 146 valence electrons. The van der Waals surface area contributed by atoms with E-state index in [-0.39, 0.29) is 36.7 Å². The van der Waals surface area contributed by atoms with Crippen LogP contribution in [0.25, 0.3) is 0 Å². The molecule has 0 fully saturated rings. The second-order valence-electron chi connectivity index (χ2n) is 7.34. The second kappa shape index (κ2) is 7.84. The maximum Gasteiger partial charge on any atom is 0.224 e. The van der Waals surface area contributed by atoms with Gasteiger partial charge in [-0.3, -0.25) is 14.4 Å². The van der Waals surface area contributed by atoms with E-state index >= 15 is 0 Å². The minimum atomic E-state index is -0.534. The number of nitrogens with one attached hydrogen (secondary N) is 1. The Labute approximate surface area is 163 Å². The lowest BCUT2D eigenvalue weighted by Gasteiger charge is -2.31. The van der Waals surface area contributed by atoms with Crippen molar-refractivity contribution < 1.29 is 23.9 Å².